The molecule has 0 N–H and O–H groups in total. The van der Waals surface area contributed by atoms with Gasteiger partial charge < -0.3 is 9.64 Å². The van der Waals surface area contributed by atoms with Gasteiger partial charge >= 0.3 is 6.09 Å². The largest absolute Gasteiger partial charge is 0.444 e. The highest BCUT2D eigenvalue weighted by molar-refractivity contribution is 5.92. The molecule has 1 aliphatic carbocycles. The van der Waals surface area contributed by atoms with Gasteiger partial charge in [0.1, 0.15) is 11.1 Å². The van der Waals surface area contributed by atoms with Gasteiger partial charge in [-0.2, -0.15) is 0 Å². The van der Waals surface area contributed by atoms with Gasteiger partial charge in [-0.15, -0.1) is 0 Å². The number of carbonyl (C=O) groups is 2. The fraction of sp³-hybridized carbons (Fsp3) is 0.889. The molecule has 0 bridgehead atoms. The minimum Gasteiger partial charge on any atom is -0.444 e. The number of nitrogens with zero attached hydrogens (tertiary/aromatic N) is 2. The Morgan fingerprint density at radius 3 is 2.43 bits per heavy atom. The van der Waals surface area contributed by atoms with Crippen molar-refractivity contribution in [3.8, 4) is 0 Å². The van der Waals surface area contributed by atoms with E-state index in [-0.39, 0.29) is 12.0 Å². The number of likely N-dealkylation sites (tertiary alicyclic amines) is 2. The second-order valence-corrected chi connectivity index (χ2v) is 8.31. The Kier molecular flexibility index (Phi) is 4.32. The Bertz CT molecular complexity index is 479. The monoisotopic (exact) mass is 322 g/mol. The highest BCUT2D eigenvalue weighted by Gasteiger charge is 2.56. The lowest BCUT2D eigenvalue weighted by molar-refractivity contribution is -0.139. The van der Waals surface area contributed by atoms with Crippen molar-refractivity contribution < 1.29 is 14.3 Å². The molecule has 1 spiro atoms. The molecular formula is C18H30N2O3. The molecule has 1 atom stereocenters. The van der Waals surface area contributed by atoms with Crippen LogP contribution >= 0.6 is 0 Å². The van der Waals surface area contributed by atoms with Gasteiger partial charge in [0.25, 0.3) is 0 Å². The third-order valence-electron chi connectivity index (χ3n) is 5.54. The van der Waals surface area contributed by atoms with E-state index in [4.69, 9.17) is 4.74 Å². The summed E-state index contributed by atoms with van der Waals surface area (Å²) in [6.07, 6.45) is 8.08. The van der Waals surface area contributed by atoms with Crippen molar-refractivity contribution in [2.45, 2.75) is 89.3 Å². The third-order valence-corrected chi connectivity index (χ3v) is 5.54. The summed E-state index contributed by atoms with van der Waals surface area (Å²) in [7, 11) is 0. The Hall–Kier alpha value is -1.26. The quantitative estimate of drug-likeness (QED) is 0.744. The number of hydrogen-bond donors (Lipinski definition) is 0. The summed E-state index contributed by atoms with van der Waals surface area (Å²) in [5.41, 5.74) is -1.15. The normalized spacial score (nSPS) is 29.6. The highest BCUT2D eigenvalue weighted by Crippen LogP contribution is 2.41. The predicted molar refractivity (Wildman–Crippen MR) is 88.1 cm³/mol. The van der Waals surface area contributed by atoms with Gasteiger partial charge in [-0.05, 0) is 52.9 Å². The lowest BCUT2D eigenvalue weighted by atomic mass is 9.92. The fourth-order valence-corrected chi connectivity index (χ4v) is 4.47. The van der Waals surface area contributed by atoms with E-state index in [1.54, 1.807) is 4.90 Å². The Labute approximate surface area is 139 Å². The van der Waals surface area contributed by atoms with Crippen LogP contribution in [0.25, 0.3) is 0 Å². The maximum atomic E-state index is 13.2. The van der Waals surface area contributed by atoms with Crippen LogP contribution in [0.3, 0.4) is 0 Å². The summed E-state index contributed by atoms with van der Waals surface area (Å²) in [4.78, 5) is 29.6. The zero-order valence-electron chi connectivity index (χ0n) is 14.8. The number of rotatable bonds is 1. The molecule has 3 fully saturated rings. The first-order chi connectivity index (χ1) is 10.8. The summed E-state index contributed by atoms with van der Waals surface area (Å²) in [6.45, 7) is 7.05. The van der Waals surface area contributed by atoms with Crippen molar-refractivity contribution in [3.63, 3.8) is 0 Å². The van der Waals surface area contributed by atoms with Crippen molar-refractivity contribution in [2.75, 3.05) is 13.1 Å². The number of carbonyl (C=O) groups excluding carboxylic acids is 2. The van der Waals surface area contributed by atoms with Crippen LogP contribution in [0.2, 0.25) is 0 Å². The van der Waals surface area contributed by atoms with Gasteiger partial charge in [-0.1, -0.05) is 19.3 Å². The molecule has 1 saturated carbocycles. The second kappa shape index (κ2) is 5.99. The molecule has 2 amide bonds. The van der Waals surface area contributed by atoms with Crippen molar-refractivity contribution in [2.24, 2.45) is 0 Å². The predicted octanol–water partition coefficient (Wildman–Crippen LogP) is 3.32. The molecule has 5 nitrogen and oxygen atoms in total. The molecule has 0 aromatic heterocycles. The zero-order chi connectivity index (χ0) is 16.7. The summed E-state index contributed by atoms with van der Waals surface area (Å²) in [6, 6.07) is 0.386. The third kappa shape index (κ3) is 3.07. The standard InChI is InChI=1S/C18H30N2O3/c1-17(2,3)23-16(22)20-12-7-10-18(20)11-13-19(15(18)21)14-8-5-4-6-9-14/h14H,4-13H2,1-3H3. The van der Waals surface area contributed by atoms with Gasteiger partial charge in [-0.25, -0.2) is 4.79 Å². The van der Waals surface area contributed by atoms with Crippen LogP contribution < -0.4 is 0 Å². The average Bonchev–Trinajstić information content (AvgIpc) is 3.05. The number of hydrogen-bond acceptors (Lipinski definition) is 3. The number of amides is 2. The van der Waals surface area contributed by atoms with Crippen LogP contribution in [0, 0.1) is 0 Å². The van der Waals surface area contributed by atoms with Crippen LogP contribution in [0.4, 0.5) is 4.79 Å². The molecule has 1 unspecified atom stereocenters. The summed E-state index contributed by atoms with van der Waals surface area (Å²) < 4.78 is 5.55. The average molecular weight is 322 g/mol. The van der Waals surface area contributed by atoms with E-state index in [1.165, 1.54) is 19.3 Å². The molecular weight excluding hydrogens is 292 g/mol. The van der Waals surface area contributed by atoms with Gasteiger partial charge in [0.2, 0.25) is 5.91 Å². The molecule has 0 aromatic rings. The molecule has 23 heavy (non-hydrogen) atoms. The fourth-order valence-electron chi connectivity index (χ4n) is 4.47. The maximum absolute atomic E-state index is 13.2. The minimum atomic E-state index is -0.625. The molecule has 5 heteroatoms. The van der Waals surface area contributed by atoms with Crippen molar-refractivity contribution in [1.82, 2.24) is 9.80 Å². The van der Waals surface area contributed by atoms with Gasteiger partial charge in [0.05, 0.1) is 0 Å². The molecule has 130 valence electrons. The summed E-state index contributed by atoms with van der Waals surface area (Å²) in [5, 5.41) is 0. The lowest BCUT2D eigenvalue weighted by Gasteiger charge is -2.36. The Balaban J connectivity index is 1.75. The molecule has 0 aromatic carbocycles. The van der Waals surface area contributed by atoms with E-state index >= 15 is 0 Å². The van der Waals surface area contributed by atoms with E-state index < -0.39 is 11.1 Å². The van der Waals surface area contributed by atoms with E-state index in [2.05, 4.69) is 4.90 Å². The van der Waals surface area contributed by atoms with Gasteiger partial charge in [0, 0.05) is 19.1 Å². The SMILES string of the molecule is CC(C)(C)OC(=O)N1CCCC12CCN(C1CCCCC1)C2=O. The maximum Gasteiger partial charge on any atom is 0.411 e. The topological polar surface area (TPSA) is 49.9 Å². The summed E-state index contributed by atoms with van der Waals surface area (Å²) in [5.74, 6) is 0.174. The molecule has 2 aliphatic heterocycles. The van der Waals surface area contributed by atoms with Crippen molar-refractivity contribution in [3.05, 3.63) is 0 Å². The summed E-state index contributed by atoms with van der Waals surface area (Å²) >= 11 is 0. The van der Waals surface area contributed by atoms with Gasteiger partial charge in [0.15, 0.2) is 0 Å². The first kappa shape index (κ1) is 16.6. The van der Waals surface area contributed by atoms with Gasteiger partial charge in [-0.3, -0.25) is 9.69 Å². The second-order valence-electron chi connectivity index (χ2n) is 8.31. The minimum absolute atomic E-state index is 0.174. The van der Waals surface area contributed by atoms with Crippen LogP contribution in [0.1, 0.15) is 72.1 Å². The first-order valence-corrected chi connectivity index (χ1v) is 9.15. The molecule has 2 saturated heterocycles. The Morgan fingerprint density at radius 2 is 1.78 bits per heavy atom. The van der Waals surface area contributed by atoms with E-state index in [0.29, 0.717) is 12.6 Å². The molecule has 3 rings (SSSR count). The van der Waals surface area contributed by atoms with E-state index in [1.807, 2.05) is 20.8 Å². The molecule has 2 heterocycles. The van der Waals surface area contributed by atoms with E-state index in [9.17, 15) is 9.59 Å². The Morgan fingerprint density at radius 1 is 1.09 bits per heavy atom. The number of ether oxygens (including phenoxy) is 1. The van der Waals surface area contributed by atoms with Crippen molar-refractivity contribution >= 4 is 12.0 Å². The molecule has 0 radical (unpaired) electrons. The molecule has 3 aliphatic rings. The zero-order valence-corrected chi connectivity index (χ0v) is 14.8. The van der Waals surface area contributed by atoms with Crippen LogP contribution in [0.15, 0.2) is 0 Å². The van der Waals surface area contributed by atoms with E-state index in [0.717, 1.165) is 38.6 Å². The smallest absolute Gasteiger partial charge is 0.411 e. The van der Waals surface area contributed by atoms with Crippen LogP contribution in [0.5, 0.6) is 0 Å². The van der Waals surface area contributed by atoms with Crippen molar-refractivity contribution in [1.29, 1.82) is 0 Å². The lowest BCUT2D eigenvalue weighted by Crippen LogP contribution is -2.55. The first-order valence-electron chi connectivity index (χ1n) is 9.15. The van der Waals surface area contributed by atoms with Crippen LogP contribution in [-0.2, 0) is 9.53 Å². The highest BCUT2D eigenvalue weighted by atomic mass is 16.6. The van der Waals surface area contributed by atoms with Crippen LogP contribution in [-0.4, -0.2) is 52.1 Å².